The summed E-state index contributed by atoms with van der Waals surface area (Å²) in [7, 11) is -3.68. The number of hydrogen-bond acceptors (Lipinski definition) is 5. The number of sulfonamides is 1. The van der Waals surface area contributed by atoms with E-state index in [0.29, 0.717) is 0 Å². The van der Waals surface area contributed by atoms with Gasteiger partial charge in [0.15, 0.2) is 4.21 Å². The predicted molar refractivity (Wildman–Crippen MR) is 81.2 cm³/mol. The molecule has 0 saturated carbocycles. The molecule has 0 aliphatic carbocycles. The highest BCUT2D eigenvalue weighted by Gasteiger charge is 2.43. The highest BCUT2D eigenvalue weighted by Crippen LogP contribution is 2.36. The van der Waals surface area contributed by atoms with E-state index in [4.69, 9.17) is 0 Å². The molecular formula is C14H14N2O4S2. The van der Waals surface area contributed by atoms with Gasteiger partial charge in [-0.15, -0.1) is 11.3 Å². The minimum Gasteiger partial charge on any atom is -0.481 e. The monoisotopic (exact) mass is 338 g/mol. The molecule has 0 unspecified atom stereocenters. The van der Waals surface area contributed by atoms with Crippen LogP contribution in [0.2, 0.25) is 0 Å². The number of benzene rings is 1. The van der Waals surface area contributed by atoms with E-state index in [1.54, 1.807) is 0 Å². The summed E-state index contributed by atoms with van der Waals surface area (Å²) >= 11 is 1.04. The van der Waals surface area contributed by atoms with Crippen molar-refractivity contribution in [2.45, 2.75) is 10.1 Å². The molecule has 1 aliphatic rings. The fourth-order valence-corrected chi connectivity index (χ4v) is 5.15. The van der Waals surface area contributed by atoms with Gasteiger partial charge >= 0.3 is 5.97 Å². The number of rotatable bonds is 4. The average Bonchev–Trinajstić information content (AvgIpc) is 3.18. The van der Waals surface area contributed by atoms with Gasteiger partial charge in [0.2, 0.25) is 0 Å². The number of carbonyl (C=O) groups is 1. The molecule has 8 heteroatoms. The summed E-state index contributed by atoms with van der Waals surface area (Å²) < 4.78 is 26.5. The summed E-state index contributed by atoms with van der Waals surface area (Å²) in [6.07, 6.45) is 1.30. The van der Waals surface area contributed by atoms with Crippen LogP contribution >= 0.6 is 11.3 Å². The molecule has 0 spiro atoms. The predicted octanol–water partition coefficient (Wildman–Crippen LogP) is 1.63. The van der Waals surface area contributed by atoms with E-state index in [0.717, 1.165) is 16.9 Å². The molecule has 1 aromatic carbocycles. The Morgan fingerprint density at radius 2 is 2.00 bits per heavy atom. The largest absolute Gasteiger partial charge is 0.481 e. The third-order valence-corrected chi connectivity index (χ3v) is 6.91. The van der Waals surface area contributed by atoms with Gasteiger partial charge in [-0.25, -0.2) is 8.42 Å². The molecule has 1 fully saturated rings. The number of aromatic nitrogens is 1. The second-order valence-corrected chi connectivity index (χ2v) is 8.16. The van der Waals surface area contributed by atoms with E-state index >= 15 is 0 Å². The minimum absolute atomic E-state index is 0.0187. The maximum atomic E-state index is 12.5. The van der Waals surface area contributed by atoms with Crippen LogP contribution in [0.3, 0.4) is 0 Å². The third kappa shape index (κ3) is 2.65. The summed E-state index contributed by atoms with van der Waals surface area (Å²) in [6.45, 7) is 0.149. The molecule has 0 amide bonds. The summed E-state index contributed by atoms with van der Waals surface area (Å²) in [5.41, 5.74) is 2.30. The zero-order chi connectivity index (χ0) is 15.7. The molecule has 2 heterocycles. The molecule has 3 rings (SSSR count). The molecule has 2 aromatic rings. The summed E-state index contributed by atoms with van der Waals surface area (Å²) in [6, 6.07) is 9.18. The minimum atomic E-state index is -3.68. The van der Waals surface area contributed by atoms with Gasteiger partial charge in [-0.3, -0.25) is 9.78 Å². The maximum absolute atomic E-state index is 12.5. The van der Waals surface area contributed by atoms with E-state index < -0.39 is 21.9 Å². The fraction of sp³-hybridized carbons (Fsp3) is 0.286. The number of aliphatic carboxylic acids is 1. The first-order valence-corrected chi connectivity index (χ1v) is 8.98. The van der Waals surface area contributed by atoms with Crippen LogP contribution in [-0.4, -0.2) is 41.9 Å². The van der Waals surface area contributed by atoms with Crippen molar-refractivity contribution in [2.24, 2.45) is 5.92 Å². The van der Waals surface area contributed by atoms with Crippen molar-refractivity contribution < 1.29 is 18.3 Å². The van der Waals surface area contributed by atoms with Crippen molar-refractivity contribution in [1.29, 1.82) is 0 Å². The maximum Gasteiger partial charge on any atom is 0.308 e. The normalized spacial score (nSPS) is 22.7. The number of nitrogens with zero attached hydrogens (tertiary/aromatic N) is 2. The lowest BCUT2D eigenvalue weighted by Gasteiger charge is -2.15. The topological polar surface area (TPSA) is 87.6 Å². The molecule has 1 aromatic heterocycles. The Morgan fingerprint density at radius 3 is 2.59 bits per heavy atom. The summed E-state index contributed by atoms with van der Waals surface area (Å²) in [5, 5.41) is 9.43. The number of thiazole rings is 1. The summed E-state index contributed by atoms with van der Waals surface area (Å²) in [4.78, 5) is 15.3. The van der Waals surface area contributed by atoms with E-state index in [2.05, 4.69) is 4.98 Å². The zero-order valence-corrected chi connectivity index (χ0v) is 13.1. The Labute approximate surface area is 132 Å². The van der Waals surface area contributed by atoms with Gasteiger partial charge < -0.3 is 5.11 Å². The van der Waals surface area contributed by atoms with E-state index in [9.17, 15) is 18.3 Å². The van der Waals surface area contributed by atoms with Crippen molar-refractivity contribution in [3.8, 4) is 0 Å². The Kier molecular flexibility index (Phi) is 3.98. The van der Waals surface area contributed by atoms with Crippen molar-refractivity contribution >= 4 is 27.3 Å². The second-order valence-electron chi connectivity index (χ2n) is 5.10. The summed E-state index contributed by atoms with van der Waals surface area (Å²) in [5.74, 6) is -2.07. The molecule has 1 aliphatic heterocycles. The van der Waals surface area contributed by atoms with Crippen LogP contribution in [0, 0.1) is 5.92 Å². The van der Waals surface area contributed by atoms with E-state index in [1.807, 2.05) is 30.3 Å². The number of hydrogen-bond donors (Lipinski definition) is 1. The van der Waals surface area contributed by atoms with Crippen LogP contribution in [0.25, 0.3) is 0 Å². The van der Waals surface area contributed by atoms with Gasteiger partial charge in [0.1, 0.15) is 0 Å². The highest BCUT2D eigenvalue weighted by molar-refractivity contribution is 7.91. The standard InChI is InChI=1S/C14H14N2O4S2/c17-14(18)12-8-16(22(19,20)13-6-15-9-21-13)7-11(12)10-4-2-1-3-5-10/h1-6,9,11-12H,7-8H2,(H,17,18)/t11-,12+/m0/s1. The SMILES string of the molecule is O=C(O)[C@@H]1CN(S(=O)(=O)c2cncs2)C[C@H]1c1ccccc1. The van der Waals surface area contributed by atoms with Gasteiger partial charge in [-0.2, -0.15) is 4.31 Å². The smallest absolute Gasteiger partial charge is 0.308 e. The van der Waals surface area contributed by atoms with Crippen molar-refractivity contribution in [2.75, 3.05) is 13.1 Å². The van der Waals surface area contributed by atoms with Crippen molar-refractivity contribution in [1.82, 2.24) is 9.29 Å². The molecule has 6 nitrogen and oxygen atoms in total. The number of carboxylic acids is 1. The first-order valence-electron chi connectivity index (χ1n) is 6.66. The quantitative estimate of drug-likeness (QED) is 0.915. The first kappa shape index (κ1) is 15.1. The van der Waals surface area contributed by atoms with Gasteiger partial charge in [0.25, 0.3) is 10.0 Å². The molecule has 1 saturated heterocycles. The van der Waals surface area contributed by atoms with Gasteiger partial charge in [-0.1, -0.05) is 30.3 Å². The molecule has 116 valence electrons. The average molecular weight is 338 g/mol. The lowest BCUT2D eigenvalue weighted by atomic mass is 9.89. The van der Waals surface area contributed by atoms with Crippen LogP contribution in [0.1, 0.15) is 11.5 Å². The van der Waals surface area contributed by atoms with Crippen molar-refractivity contribution in [3.63, 3.8) is 0 Å². The lowest BCUT2D eigenvalue weighted by Crippen LogP contribution is -2.29. The first-order chi connectivity index (χ1) is 10.5. The Balaban J connectivity index is 1.93. The van der Waals surface area contributed by atoms with Gasteiger partial charge in [0, 0.05) is 19.0 Å². The van der Waals surface area contributed by atoms with Crippen LogP contribution < -0.4 is 0 Å². The molecule has 1 N–H and O–H groups in total. The molecule has 2 atom stereocenters. The molecule has 0 bridgehead atoms. The zero-order valence-electron chi connectivity index (χ0n) is 11.5. The Bertz CT molecular complexity index is 759. The molecular weight excluding hydrogens is 324 g/mol. The molecule has 0 radical (unpaired) electrons. The Morgan fingerprint density at radius 1 is 1.27 bits per heavy atom. The Hall–Kier alpha value is -1.77. The van der Waals surface area contributed by atoms with E-state index in [-0.39, 0.29) is 23.2 Å². The lowest BCUT2D eigenvalue weighted by molar-refractivity contribution is -0.141. The third-order valence-electron chi connectivity index (χ3n) is 3.84. The van der Waals surface area contributed by atoms with E-state index in [1.165, 1.54) is 16.0 Å². The van der Waals surface area contributed by atoms with Crippen molar-refractivity contribution in [3.05, 3.63) is 47.6 Å². The fourth-order valence-electron chi connectivity index (χ4n) is 2.71. The van der Waals surface area contributed by atoms with Crippen LogP contribution in [0.4, 0.5) is 0 Å². The molecule has 22 heavy (non-hydrogen) atoms. The number of carboxylic acid groups (broad SMARTS) is 1. The highest BCUT2D eigenvalue weighted by atomic mass is 32.2. The van der Waals surface area contributed by atoms with Gasteiger partial charge in [0.05, 0.1) is 17.6 Å². The second kappa shape index (κ2) is 5.79. The van der Waals surface area contributed by atoms with Gasteiger partial charge in [-0.05, 0) is 5.56 Å². The van der Waals surface area contributed by atoms with Crippen LogP contribution in [0.5, 0.6) is 0 Å². The van der Waals surface area contributed by atoms with Crippen LogP contribution in [0.15, 0.2) is 46.2 Å². The van der Waals surface area contributed by atoms with Crippen LogP contribution in [-0.2, 0) is 14.8 Å².